The maximum atomic E-state index is 9.87. The van der Waals surface area contributed by atoms with Gasteiger partial charge in [-0.2, -0.15) is 0 Å². The van der Waals surface area contributed by atoms with Gasteiger partial charge in [0.05, 0.1) is 6.42 Å². The molecule has 0 aliphatic heterocycles. The second-order valence-electron chi connectivity index (χ2n) is 1.70. The van der Waals surface area contributed by atoms with E-state index in [-0.39, 0.29) is 12.5 Å². The Morgan fingerprint density at radius 3 is 2.50 bits per heavy atom. The number of carboxylic acids is 1. The number of aliphatic carboxylic acids is 1. The van der Waals surface area contributed by atoms with Crippen molar-refractivity contribution >= 4 is 5.97 Å². The van der Waals surface area contributed by atoms with Gasteiger partial charge in [0.15, 0.2) is 0 Å². The minimum Gasteiger partial charge on any atom is -0.481 e. The molecule has 4 nitrogen and oxygen atoms in total. The Kier molecular flexibility index (Phi) is 3.14. The van der Waals surface area contributed by atoms with Crippen LogP contribution >= 0.6 is 0 Å². The first-order chi connectivity index (χ1) is 3.66. The lowest BCUT2D eigenvalue weighted by Gasteiger charge is -1.97. The summed E-state index contributed by atoms with van der Waals surface area (Å²) in [6.45, 7) is 0.340. The summed E-state index contributed by atoms with van der Waals surface area (Å²) in [5.74, 6) is -0.838. The number of quaternary nitrogens is 1. The molecule has 8 heavy (non-hydrogen) atoms. The minimum atomic E-state index is -0.838. The first-order valence-electron chi connectivity index (χ1n) is 2.41. The molecule has 0 amide bonds. The number of hydrogen-bond acceptors (Lipinski definition) is 2. The van der Waals surface area contributed by atoms with Gasteiger partial charge in [-0.1, -0.05) is 0 Å². The van der Waals surface area contributed by atoms with Gasteiger partial charge in [0.2, 0.25) is 0 Å². The Balaban J connectivity index is 3.24. The number of hydrogen-bond donors (Lipinski definition) is 3. The van der Waals surface area contributed by atoms with E-state index in [4.69, 9.17) is 10.8 Å². The molecular formula is C4H11N2O2+. The Morgan fingerprint density at radius 1 is 1.88 bits per heavy atom. The van der Waals surface area contributed by atoms with Crippen LogP contribution in [0.1, 0.15) is 6.42 Å². The van der Waals surface area contributed by atoms with Crippen LogP contribution in [-0.2, 0) is 4.79 Å². The minimum absolute atomic E-state index is 0.0660. The molecule has 0 radical (unpaired) electrons. The van der Waals surface area contributed by atoms with Crippen LogP contribution in [0.15, 0.2) is 0 Å². The van der Waals surface area contributed by atoms with E-state index in [1.807, 2.05) is 0 Å². The summed E-state index contributed by atoms with van der Waals surface area (Å²) in [5.41, 5.74) is 8.59. The van der Waals surface area contributed by atoms with E-state index in [0.717, 1.165) is 0 Å². The Bertz CT molecular complexity index is 84.1. The molecule has 0 aliphatic carbocycles. The smallest absolute Gasteiger partial charge is 0.309 e. The van der Waals surface area contributed by atoms with Gasteiger partial charge >= 0.3 is 5.97 Å². The molecule has 0 aromatic carbocycles. The Hall–Kier alpha value is -0.610. The van der Waals surface area contributed by atoms with E-state index in [9.17, 15) is 4.79 Å². The van der Waals surface area contributed by atoms with Crippen molar-refractivity contribution in [3.63, 3.8) is 0 Å². The molecule has 0 aliphatic rings. The van der Waals surface area contributed by atoms with Gasteiger partial charge in [0.25, 0.3) is 0 Å². The predicted molar refractivity (Wildman–Crippen MR) is 28.0 cm³/mol. The van der Waals surface area contributed by atoms with E-state index >= 15 is 0 Å². The number of nitrogens with two attached hydrogens (primary N) is 1. The average Bonchev–Trinajstić information content (AvgIpc) is 1.65. The van der Waals surface area contributed by atoms with Crippen LogP contribution in [0.25, 0.3) is 0 Å². The maximum Gasteiger partial charge on any atom is 0.309 e. The summed E-state index contributed by atoms with van der Waals surface area (Å²) in [6, 6.07) is -0.146. The van der Waals surface area contributed by atoms with E-state index in [0.29, 0.717) is 6.54 Å². The van der Waals surface area contributed by atoms with Crippen molar-refractivity contribution in [1.29, 1.82) is 0 Å². The highest BCUT2D eigenvalue weighted by atomic mass is 16.4. The lowest BCUT2D eigenvalue weighted by Crippen LogP contribution is -2.64. The van der Waals surface area contributed by atoms with Crippen LogP contribution in [0, 0.1) is 0 Å². The molecule has 0 fully saturated rings. The zero-order valence-electron chi connectivity index (χ0n) is 4.63. The fourth-order valence-electron chi connectivity index (χ4n) is 0.330. The molecule has 1 unspecified atom stereocenters. The quantitative estimate of drug-likeness (QED) is 0.402. The maximum absolute atomic E-state index is 9.87. The van der Waals surface area contributed by atoms with Crippen LogP contribution in [0.4, 0.5) is 0 Å². The summed E-state index contributed by atoms with van der Waals surface area (Å²) in [7, 11) is 0. The van der Waals surface area contributed by atoms with Crippen LogP contribution in [-0.4, -0.2) is 23.7 Å². The van der Waals surface area contributed by atoms with Gasteiger partial charge in [-0.15, -0.1) is 0 Å². The summed E-state index contributed by atoms with van der Waals surface area (Å²) in [5, 5.41) is 8.12. The number of carboxylic acid groups (broad SMARTS) is 1. The monoisotopic (exact) mass is 119 g/mol. The lowest BCUT2D eigenvalue weighted by atomic mass is 10.2. The van der Waals surface area contributed by atoms with E-state index in [1.165, 1.54) is 0 Å². The van der Waals surface area contributed by atoms with Crippen molar-refractivity contribution in [3.8, 4) is 0 Å². The zero-order chi connectivity index (χ0) is 6.57. The summed E-state index contributed by atoms with van der Waals surface area (Å²) >= 11 is 0. The number of rotatable bonds is 3. The fraction of sp³-hybridized carbons (Fsp3) is 0.750. The van der Waals surface area contributed by atoms with Crippen LogP contribution < -0.4 is 11.5 Å². The van der Waals surface area contributed by atoms with Gasteiger partial charge in [-0.3, -0.25) is 4.79 Å². The predicted octanol–water partition coefficient (Wildman–Crippen LogP) is -1.97. The molecule has 6 N–H and O–H groups in total. The fourth-order valence-corrected chi connectivity index (χ4v) is 0.330. The van der Waals surface area contributed by atoms with E-state index in [1.54, 1.807) is 0 Å². The van der Waals surface area contributed by atoms with Gasteiger partial charge in [-0.25, -0.2) is 0 Å². The molecule has 0 bridgehead atoms. The molecule has 0 aromatic rings. The van der Waals surface area contributed by atoms with Crippen molar-refractivity contribution in [3.05, 3.63) is 0 Å². The Morgan fingerprint density at radius 2 is 2.38 bits per heavy atom. The topological polar surface area (TPSA) is 91.0 Å². The highest BCUT2D eigenvalue weighted by molar-refractivity contribution is 5.67. The van der Waals surface area contributed by atoms with Crippen molar-refractivity contribution in [2.45, 2.75) is 12.5 Å². The van der Waals surface area contributed by atoms with E-state index in [2.05, 4.69) is 5.73 Å². The molecule has 4 heteroatoms. The average molecular weight is 119 g/mol. The summed E-state index contributed by atoms with van der Waals surface area (Å²) in [4.78, 5) is 9.87. The second kappa shape index (κ2) is 3.40. The summed E-state index contributed by atoms with van der Waals surface area (Å²) < 4.78 is 0. The molecule has 48 valence electrons. The van der Waals surface area contributed by atoms with E-state index < -0.39 is 5.97 Å². The third-order valence-electron chi connectivity index (χ3n) is 0.797. The third kappa shape index (κ3) is 3.58. The first-order valence-corrected chi connectivity index (χ1v) is 2.41. The molecule has 0 spiro atoms. The van der Waals surface area contributed by atoms with Crippen molar-refractivity contribution < 1.29 is 15.6 Å². The van der Waals surface area contributed by atoms with Crippen molar-refractivity contribution in [2.75, 3.05) is 6.54 Å². The molecule has 0 saturated heterocycles. The molecule has 0 rings (SSSR count). The SMILES string of the molecule is NCC([NH3+])CC(=O)O. The van der Waals surface area contributed by atoms with Crippen LogP contribution in [0.2, 0.25) is 0 Å². The third-order valence-corrected chi connectivity index (χ3v) is 0.797. The van der Waals surface area contributed by atoms with Crippen molar-refractivity contribution in [1.82, 2.24) is 0 Å². The first kappa shape index (κ1) is 7.39. The van der Waals surface area contributed by atoms with Crippen LogP contribution in [0.3, 0.4) is 0 Å². The standard InChI is InChI=1S/C4H10N2O2/c5-2-3(6)1-4(7)8/h3H,1-2,5-6H2,(H,7,8)/p+1. The zero-order valence-corrected chi connectivity index (χ0v) is 4.63. The van der Waals surface area contributed by atoms with Gasteiger partial charge in [0, 0.05) is 6.54 Å². The molecular weight excluding hydrogens is 108 g/mol. The molecule has 0 heterocycles. The van der Waals surface area contributed by atoms with Gasteiger partial charge in [-0.05, 0) is 0 Å². The van der Waals surface area contributed by atoms with Gasteiger partial charge < -0.3 is 16.6 Å². The van der Waals surface area contributed by atoms with Gasteiger partial charge in [0.1, 0.15) is 6.04 Å². The molecule has 0 saturated carbocycles. The highest BCUT2D eigenvalue weighted by Crippen LogP contribution is 1.79. The summed E-state index contributed by atoms with van der Waals surface area (Å²) in [6.07, 6.45) is 0.0660. The molecule has 0 aromatic heterocycles. The Labute approximate surface area is 47.5 Å². The highest BCUT2D eigenvalue weighted by Gasteiger charge is 2.07. The normalized spacial score (nSPS) is 13.2. The largest absolute Gasteiger partial charge is 0.481 e. The van der Waals surface area contributed by atoms with Crippen molar-refractivity contribution in [2.24, 2.45) is 5.73 Å². The number of carbonyl (C=O) groups is 1. The molecule has 1 atom stereocenters. The lowest BCUT2D eigenvalue weighted by molar-refractivity contribution is -0.415. The van der Waals surface area contributed by atoms with Crippen LogP contribution in [0.5, 0.6) is 0 Å². The second-order valence-corrected chi connectivity index (χ2v) is 1.70.